The molecule has 3 saturated heterocycles. The lowest BCUT2D eigenvalue weighted by atomic mass is 10.2. The Bertz CT molecular complexity index is 1020. The first-order valence-corrected chi connectivity index (χ1v) is 16.6. The molecule has 208 valence electrons. The average Bonchev–Trinajstić information content (AvgIpc) is 3.30. The molecule has 0 spiro atoms. The van der Waals surface area contributed by atoms with Crippen LogP contribution in [0, 0.1) is 0 Å². The van der Waals surface area contributed by atoms with Crippen LogP contribution in [0.2, 0.25) is 0 Å². The van der Waals surface area contributed by atoms with Crippen molar-refractivity contribution >= 4 is 20.9 Å². The van der Waals surface area contributed by atoms with E-state index in [0.717, 1.165) is 31.7 Å². The van der Waals surface area contributed by atoms with Gasteiger partial charge in [-0.15, -0.1) is 0 Å². The molecule has 3 aliphatic rings. The molecule has 2 unspecified atom stereocenters. The van der Waals surface area contributed by atoms with Gasteiger partial charge >= 0.3 is 5.97 Å². The van der Waals surface area contributed by atoms with E-state index in [0.29, 0.717) is 31.9 Å². The predicted molar refractivity (Wildman–Crippen MR) is 144 cm³/mol. The molecule has 0 radical (unpaired) electrons. The van der Waals surface area contributed by atoms with Crippen molar-refractivity contribution in [2.45, 2.75) is 45.5 Å². The van der Waals surface area contributed by atoms with E-state index in [1.165, 1.54) is 0 Å². The van der Waals surface area contributed by atoms with Crippen LogP contribution in [0.4, 0.5) is 0 Å². The molecule has 3 aliphatic heterocycles. The van der Waals surface area contributed by atoms with Crippen LogP contribution in [-0.2, 0) is 23.2 Å². The van der Waals surface area contributed by atoms with E-state index in [-0.39, 0.29) is 25.2 Å². The summed E-state index contributed by atoms with van der Waals surface area (Å²) in [5.74, 6) is -0.214. The van der Waals surface area contributed by atoms with Crippen LogP contribution >= 0.6 is 15.0 Å². The summed E-state index contributed by atoms with van der Waals surface area (Å²) in [5, 5.41) is 0. The van der Waals surface area contributed by atoms with Crippen molar-refractivity contribution in [2.24, 2.45) is 0 Å². The van der Waals surface area contributed by atoms with Crippen molar-refractivity contribution in [1.82, 2.24) is 18.9 Å². The van der Waals surface area contributed by atoms with E-state index in [2.05, 4.69) is 18.9 Å². The summed E-state index contributed by atoms with van der Waals surface area (Å²) in [4.78, 5) is 14.8. The normalized spacial score (nSPS) is 23.6. The summed E-state index contributed by atoms with van der Waals surface area (Å²) in [6.45, 7) is 13.2. The molecule has 3 fully saturated rings. The first-order valence-electron chi connectivity index (χ1n) is 13.2. The number of ether oxygens (including phenoxy) is 2. The van der Waals surface area contributed by atoms with Crippen molar-refractivity contribution < 1.29 is 27.9 Å². The number of benzene rings is 1. The van der Waals surface area contributed by atoms with Gasteiger partial charge in [-0.2, -0.15) is 0 Å². The Kier molecular flexibility index (Phi) is 8.91. The molecule has 37 heavy (non-hydrogen) atoms. The number of hydrogen-bond donors (Lipinski definition) is 0. The molecule has 0 aromatic heterocycles. The maximum atomic E-state index is 14.7. The Morgan fingerprint density at radius 3 is 1.95 bits per heavy atom. The zero-order valence-corrected chi connectivity index (χ0v) is 24.6. The second-order valence-corrected chi connectivity index (χ2v) is 16.1. The van der Waals surface area contributed by atoms with Crippen molar-refractivity contribution in [3.05, 3.63) is 29.8 Å². The van der Waals surface area contributed by atoms with Gasteiger partial charge in [0.1, 0.15) is 17.1 Å². The van der Waals surface area contributed by atoms with E-state index < -0.39 is 26.3 Å². The van der Waals surface area contributed by atoms with Gasteiger partial charge < -0.3 is 14.0 Å². The molecule has 0 bridgehead atoms. The van der Waals surface area contributed by atoms with Gasteiger partial charge in [-0.3, -0.25) is 18.8 Å². The number of esters is 1. The minimum absolute atomic E-state index is 0.0114. The first kappa shape index (κ1) is 28.8. The topological polar surface area (TPSA) is 91.9 Å². The van der Waals surface area contributed by atoms with Gasteiger partial charge in [-0.1, -0.05) is 12.1 Å². The molecule has 12 heteroatoms. The number of carbonyl (C=O) groups is 1. The fraction of sp³-hybridized carbons (Fsp3) is 0.720. The van der Waals surface area contributed by atoms with Crippen molar-refractivity contribution in [3.8, 4) is 5.75 Å². The first-order chi connectivity index (χ1) is 17.5. The third-order valence-electron chi connectivity index (χ3n) is 7.16. The Morgan fingerprint density at radius 1 is 0.973 bits per heavy atom. The third-order valence-corrected chi connectivity index (χ3v) is 13.5. The second kappa shape index (κ2) is 11.5. The molecule has 3 heterocycles. The highest BCUT2D eigenvalue weighted by Gasteiger charge is 2.53. The van der Waals surface area contributed by atoms with E-state index in [4.69, 9.17) is 14.0 Å². The predicted octanol–water partition coefficient (Wildman–Crippen LogP) is 4.10. The minimum atomic E-state index is -3.39. The average molecular weight is 557 g/mol. The van der Waals surface area contributed by atoms with Crippen LogP contribution in [0.3, 0.4) is 0 Å². The van der Waals surface area contributed by atoms with Crippen LogP contribution in [0.1, 0.15) is 45.5 Å². The summed E-state index contributed by atoms with van der Waals surface area (Å²) in [6.07, 6.45) is 0.0973. The third kappa shape index (κ3) is 6.17. The maximum absolute atomic E-state index is 14.7. The summed E-state index contributed by atoms with van der Waals surface area (Å²) >= 11 is 0. The van der Waals surface area contributed by atoms with Gasteiger partial charge in [-0.25, -0.2) is 14.0 Å². The van der Waals surface area contributed by atoms with E-state index >= 15 is 0 Å². The highest BCUT2D eigenvalue weighted by Crippen LogP contribution is 2.65. The summed E-state index contributed by atoms with van der Waals surface area (Å²) < 4.78 is 51.9. The quantitative estimate of drug-likeness (QED) is 0.327. The summed E-state index contributed by atoms with van der Waals surface area (Å²) in [5.41, 5.74) is 0.244. The van der Waals surface area contributed by atoms with Gasteiger partial charge in [0.25, 0.3) is 7.59 Å². The fourth-order valence-electron chi connectivity index (χ4n) is 5.54. The monoisotopic (exact) mass is 556 g/mol. The van der Waals surface area contributed by atoms with Crippen molar-refractivity contribution in [3.63, 3.8) is 0 Å². The van der Waals surface area contributed by atoms with Crippen molar-refractivity contribution in [1.29, 1.82) is 0 Å². The molecule has 0 aliphatic carbocycles. The molecule has 0 amide bonds. The van der Waals surface area contributed by atoms with Crippen LogP contribution in [0.5, 0.6) is 5.75 Å². The second-order valence-electron chi connectivity index (χ2n) is 10.8. The van der Waals surface area contributed by atoms with Gasteiger partial charge in [-0.05, 0) is 45.4 Å². The molecule has 0 N–H and O–H groups in total. The number of carbonyl (C=O) groups excluding carboxylic acids is 1. The SMILES string of the molecule is CCOP(=O)(CCC(=O)OC(C)(C)C)C(c1ccc(OC)cc1)N1CCN2CCN3CCN(CC1)P23=O. The van der Waals surface area contributed by atoms with Gasteiger partial charge in [0.15, 0.2) is 0 Å². The van der Waals surface area contributed by atoms with E-state index in [1.807, 2.05) is 52.0 Å². The number of nitrogens with zero attached hydrogens (tertiary/aromatic N) is 4. The highest BCUT2D eigenvalue weighted by atomic mass is 31.2. The molecular weight excluding hydrogens is 514 g/mol. The van der Waals surface area contributed by atoms with Crippen LogP contribution in [-0.4, -0.2) is 103 Å². The smallest absolute Gasteiger partial charge is 0.306 e. The Morgan fingerprint density at radius 2 is 1.49 bits per heavy atom. The summed E-state index contributed by atoms with van der Waals surface area (Å²) in [7, 11) is -4.44. The largest absolute Gasteiger partial charge is 0.497 e. The molecule has 2 atom stereocenters. The number of methoxy groups -OCH3 is 1. The minimum Gasteiger partial charge on any atom is -0.497 e. The Hall–Kier alpha value is -1.25. The van der Waals surface area contributed by atoms with Crippen LogP contribution in [0.15, 0.2) is 24.3 Å². The number of hydrogen-bond acceptors (Lipinski definition) is 7. The Labute approximate surface area is 221 Å². The Balaban J connectivity index is 1.64. The molecule has 4 rings (SSSR count). The van der Waals surface area contributed by atoms with Gasteiger partial charge in [0.05, 0.1) is 20.1 Å². The van der Waals surface area contributed by atoms with E-state index in [1.54, 1.807) is 7.11 Å². The van der Waals surface area contributed by atoms with E-state index in [9.17, 15) is 13.9 Å². The zero-order valence-electron chi connectivity index (χ0n) is 22.8. The molecule has 1 aromatic rings. The highest BCUT2D eigenvalue weighted by molar-refractivity contribution is 7.59. The molecular formula is C25H42N4O6P2. The van der Waals surface area contributed by atoms with Crippen molar-refractivity contribution in [2.75, 3.05) is 72.2 Å². The van der Waals surface area contributed by atoms with Crippen LogP contribution in [0.25, 0.3) is 0 Å². The lowest BCUT2D eigenvalue weighted by Gasteiger charge is -2.42. The number of rotatable bonds is 9. The molecule has 1 aromatic carbocycles. The van der Waals surface area contributed by atoms with Crippen LogP contribution < -0.4 is 4.74 Å². The maximum Gasteiger partial charge on any atom is 0.306 e. The van der Waals surface area contributed by atoms with Gasteiger partial charge in [0, 0.05) is 58.5 Å². The standard InChI is InChI=1S/C25H42N4O6P2/c1-6-34-36(31,20-11-23(30)35-25(2,3)4)24(21-7-9-22(33-5)10-8-21)26-12-14-27-16-18-29-19-17-28(15-13-26)37(27,29)32/h7-10,24H,6,11-20H2,1-5H3. The fourth-order valence-corrected chi connectivity index (χ4v) is 11.5. The lowest BCUT2D eigenvalue weighted by molar-refractivity contribution is -0.154. The molecule has 0 saturated carbocycles. The lowest BCUT2D eigenvalue weighted by Crippen LogP contribution is -2.44. The zero-order chi connectivity index (χ0) is 26.8. The van der Waals surface area contributed by atoms with Gasteiger partial charge in [0.2, 0.25) is 7.37 Å². The summed E-state index contributed by atoms with van der Waals surface area (Å²) in [6, 6.07) is 7.59. The molecule has 10 nitrogen and oxygen atoms in total.